The van der Waals surface area contributed by atoms with Gasteiger partial charge in [0.05, 0.1) is 29.2 Å². The summed E-state index contributed by atoms with van der Waals surface area (Å²) in [5, 5.41) is 6.03. The van der Waals surface area contributed by atoms with Gasteiger partial charge in [0.2, 0.25) is 0 Å². The minimum absolute atomic E-state index is 0.0611. The van der Waals surface area contributed by atoms with E-state index in [1.165, 1.54) is 0 Å². The molecule has 0 radical (unpaired) electrons. The van der Waals surface area contributed by atoms with Crippen LogP contribution >= 0.6 is 11.6 Å². The molecule has 1 saturated heterocycles. The molecule has 0 bridgehead atoms. The fourth-order valence-corrected chi connectivity index (χ4v) is 4.19. The van der Waals surface area contributed by atoms with E-state index < -0.39 is 0 Å². The number of benzene rings is 1. The highest BCUT2D eigenvalue weighted by Gasteiger charge is 2.20. The van der Waals surface area contributed by atoms with E-state index in [1.54, 1.807) is 15.3 Å². The first-order chi connectivity index (χ1) is 14.2. The SMILES string of the molecule is CCc1nn2c(ncc3c(=O)n(C[C@@H]4CCCO4)ccc32)c1-c1ccc(Cl)cc1. The smallest absolute Gasteiger partial charge is 0.261 e. The lowest BCUT2D eigenvalue weighted by atomic mass is 10.0. The summed E-state index contributed by atoms with van der Waals surface area (Å²) in [7, 11) is 0. The summed E-state index contributed by atoms with van der Waals surface area (Å²) in [6, 6.07) is 9.63. The van der Waals surface area contributed by atoms with E-state index in [2.05, 4.69) is 11.9 Å². The third-order valence-corrected chi connectivity index (χ3v) is 5.80. The van der Waals surface area contributed by atoms with Gasteiger partial charge in [0.1, 0.15) is 0 Å². The number of rotatable bonds is 4. The quantitative estimate of drug-likeness (QED) is 0.510. The van der Waals surface area contributed by atoms with Gasteiger partial charge in [-0.3, -0.25) is 4.79 Å². The molecule has 0 N–H and O–H groups in total. The topological polar surface area (TPSA) is 61.4 Å². The maximum atomic E-state index is 13.0. The van der Waals surface area contributed by atoms with Crippen LogP contribution in [0.1, 0.15) is 25.5 Å². The third-order valence-electron chi connectivity index (χ3n) is 5.55. The molecule has 1 fully saturated rings. The molecule has 4 heterocycles. The Hall–Kier alpha value is -2.70. The van der Waals surface area contributed by atoms with Crippen molar-refractivity contribution in [3.63, 3.8) is 0 Å². The van der Waals surface area contributed by atoms with Gasteiger partial charge in [-0.15, -0.1) is 0 Å². The van der Waals surface area contributed by atoms with Crippen LogP contribution in [0.4, 0.5) is 0 Å². The second-order valence-corrected chi connectivity index (χ2v) is 7.82. The van der Waals surface area contributed by atoms with E-state index in [0.717, 1.165) is 53.9 Å². The summed E-state index contributed by atoms with van der Waals surface area (Å²) in [6.45, 7) is 3.41. The molecule has 3 aromatic heterocycles. The summed E-state index contributed by atoms with van der Waals surface area (Å²) in [5.74, 6) is 0. The van der Waals surface area contributed by atoms with Gasteiger partial charge >= 0.3 is 0 Å². The number of aryl methyl sites for hydroxylation is 1. The van der Waals surface area contributed by atoms with Crippen molar-refractivity contribution in [1.82, 2.24) is 19.2 Å². The zero-order valence-electron chi connectivity index (χ0n) is 16.1. The first kappa shape index (κ1) is 18.3. The first-order valence-corrected chi connectivity index (χ1v) is 10.3. The molecule has 0 aliphatic carbocycles. The Morgan fingerprint density at radius 3 is 2.79 bits per heavy atom. The van der Waals surface area contributed by atoms with Crippen LogP contribution in [-0.4, -0.2) is 31.9 Å². The predicted molar refractivity (Wildman–Crippen MR) is 114 cm³/mol. The molecule has 0 spiro atoms. The summed E-state index contributed by atoms with van der Waals surface area (Å²) < 4.78 is 9.19. The molecule has 1 atom stereocenters. The number of halogens is 1. The number of hydrogen-bond donors (Lipinski definition) is 0. The minimum atomic E-state index is -0.0611. The lowest BCUT2D eigenvalue weighted by Crippen LogP contribution is -2.26. The summed E-state index contributed by atoms with van der Waals surface area (Å²) in [6.07, 6.45) is 6.41. The molecule has 1 aromatic carbocycles. The molecule has 0 saturated carbocycles. The number of fused-ring (bicyclic) bond motifs is 3. The van der Waals surface area contributed by atoms with Gasteiger partial charge in [-0.05, 0) is 43.0 Å². The number of nitrogens with zero attached hydrogens (tertiary/aromatic N) is 4. The number of pyridine rings is 1. The van der Waals surface area contributed by atoms with Gasteiger partial charge in [-0.25, -0.2) is 9.50 Å². The van der Waals surface area contributed by atoms with Crippen molar-refractivity contribution in [2.24, 2.45) is 0 Å². The van der Waals surface area contributed by atoms with Gasteiger partial charge in [-0.2, -0.15) is 5.10 Å². The Morgan fingerprint density at radius 2 is 2.07 bits per heavy atom. The van der Waals surface area contributed by atoms with Gasteiger partial charge in [0, 0.05) is 29.6 Å². The molecule has 0 unspecified atom stereocenters. The standard InChI is InChI=1S/C22H21ClN4O2/c1-2-18-20(14-5-7-15(23)8-6-14)21-24-12-17-19(27(21)25-18)9-10-26(22(17)28)13-16-4-3-11-29-16/h5-10,12,16H,2-4,11,13H2,1H3/t16-/m0/s1. The molecule has 1 aliphatic rings. The Kier molecular flexibility index (Phi) is 4.60. The van der Waals surface area contributed by atoms with E-state index in [9.17, 15) is 4.79 Å². The molecule has 4 aromatic rings. The molecule has 5 rings (SSSR count). The maximum absolute atomic E-state index is 13.0. The lowest BCUT2D eigenvalue weighted by molar-refractivity contribution is 0.0963. The van der Waals surface area contributed by atoms with Gasteiger partial charge in [-0.1, -0.05) is 30.7 Å². The van der Waals surface area contributed by atoms with Crippen LogP contribution in [0.25, 0.3) is 27.7 Å². The van der Waals surface area contributed by atoms with Crippen LogP contribution in [0.5, 0.6) is 0 Å². The molecule has 29 heavy (non-hydrogen) atoms. The van der Waals surface area contributed by atoms with Crippen molar-refractivity contribution in [3.05, 3.63) is 63.8 Å². The van der Waals surface area contributed by atoms with Crippen molar-refractivity contribution in [2.75, 3.05) is 6.61 Å². The van der Waals surface area contributed by atoms with E-state index >= 15 is 0 Å². The summed E-state index contributed by atoms with van der Waals surface area (Å²) >= 11 is 6.05. The third kappa shape index (κ3) is 3.12. The number of aromatic nitrogens is 4. The van der Waals surface area contributed by atoms with Crippen molar-refractivity contribution >= 4 is 28.2 Å². The highest BCUT2D eigenvalue weighted by atomic mass is 35.5. The fraction of sp³-hybridized carbons (Fsp3) is 0.318. The van der Waals surface area contributed by atoms with Gasteiger partial charge < -0.3 is 9.30 Å². The van der Waals surface area contributed by atoms with Gasteiger partial charge in [0.15, 0.2) is 5.65 Å². The van der Waals surface area contributed by atoms with E-state index in [-0.39, 0.29) is 11.7 Å². The Morgan fingerprint density at radius 1 is 1.24 bits per heavy atom. The summed E-state index contributed by atoms with van der Waals surface area (Å²) in [4.78, 5) is 17.7. The molecular weight excluding hydrogens is 388 g/mol. The van der Waals surface area contributed by atoms with Crippen molar-refractivity contribution in [2.45, 2.75) is 38.8 Å². The van der Waals surface area contributed by atoms with Crippen LogP contribution < -0.4 is 5.56 Å². The maximum Gasteiger partial charge on any atom is 0.261 e. The normalized spacial score (nSPS) is 16.8. The molecule has 0 amide bonds. The van der Waals surface area contributed by atoms with Crippen LogP contribution in [0.2, 0.25) is 5.02 Å². The average Bonchev–Trinajstić information content (AvgIpc) is 3.38. The highest BCUT2D eigenvalue weighted by molar-refractivity contribution is 6.30. The van der Waals surface area contributed by atoms with Crippen LogP contribution in [0, 0.1) is 0 Å². The number of ether oxygens (including phenoxy) is 1. The minimum Gasteiger partial charge on any atom is -0.376 e. The molecule has 6 nitrogen and oxygen atoms in total. The van der Waals surface area contributed by atoms with Crippen LogP contribution in [0.15, 0.2) is 47.5 Å². The van der Waals surface area contributed by atoms with Crippen molar-refractivity contribution in [3.8, 4) is 11.1 Å². The highest BCUT2D eigenvalue weighted by Crippen LogP contribution is 2.30. The van der Waals surface area contributed by atoms with Gasteiger partial charge in [0.25, 0.3) is 5.56 Å². The largest absolute Gasteiger partial charge is 0.376 e. The van der Waals surface area contributed by atoms with E-state index in [1.807, 2.05) is 36.5 Å². The second kappa shape index (κ2) is 7.28. The Bertz CT molecular complexity index is 1250. The van der Waals surface area contributed by atoms with Crippen molar-refractivity contribution in [1.29, 1.82) is 0 Å². The van der Waals surface area contributed by atoms with E-state index in [0.29, 0.717) is 17.0 Å². The number of hydrogen-bond acceptors (Lipinski definition) is 4. The monoisotopic (exact) mass is 408 g/mol. The first-order valence-electron chi connectivity index (χ1n) is 9.93. The molecule has 148 valence electrons. The zero-order valence-corrected chi connectivity index (χ0v) is 16.9. The molecule has 1 aliphatic heterocycles. The Balaban J connectivity index is 1.68. The molecular formula is C22H21ClN4O2. The molecule has 7 heteroatoms. The average molecular weight is 409 g/mol. The van der Waals surface area contributed by atoms with E-state index in [4.69, 9.17) is 21.4 Å². The van der Waals surface area contributed by atoms with Crippen LogP contribution in [0.3, 0.4) is 0 Å². The van der Waals surface area contributed by atoms with Crippen LogP contribution in [-0.2, 0) is 17.7 Å². The zero-order chi connectivity index (χ0) is 20.0. The fourth-order valence-electron chi connectivity index (χ4n) is 4.07. The predicted octanol–water partition coefficient (Wildman–Crippen LogP) is 4.11. The Labute approximate surface area is 172 Å². The van der Waals surface area contributed by atoms with Crippen molar-refractivity contribution < 1.29 is 4.74 Å². The lowest BCUT2D eigenvalue weighted by Gasteiger charge is -2.12. The second-order valence-electron chi connectivity index (χ2n) is 7.38. The summed E-state index contributed by atoms with van der Waals surface area (Å²) in [5.41, 5.74) is 4.38.